The molecule has 0 aliphatic heterocycles. The second-order valence-corrected chi connectivity index (χ2v) is 7.31. The van der Waals surface area contributed by atoms with Gasteiger partial charge in [-0.1, -0.05) is 48.0 Å². The predicted molar refractivity (Wildman–Crippen MR) is 113 cm³/mol. The van der Waals surface area contributed by atoms with Crippen molar-refractivity contribution < 1.29 is 14.0 Å². The number of rotatable bonds is 8. The zero-order valence-electron chi connectivity index (χ0n) is 17.1. The Labute approximate surface area is 171 Å². The van der Waals surface area contributed by atoms with Gasteiger partial charge in [0.1, 0.15) is 11.5 Å². The van der Waals surface area contributed by atoms with Gasteiger partial charge in [-0.15, -0.1) is 0 Å². The van der Waals surface area contributed by atoms with Crippen molar-refractivity contribution in [3.8, 4) is 11.5 Å². The Morgan fingerprint density at radius 3 is 2.45 bits per heavy atom. The SMILES string of the molecule is Cc1ccc(CCNC(=O)CC(=O)Cc2nc(-c3ccccc3C)oc2C)cc1. The van der Waals surface area contributed by atoms with Gasteiger partial charge >= 0.3 is 0 Å². The first kappa shape index (κ1) is 20.5. The molecule has 0 unspecified atom stereocenters. The molecule has 150 valence electrons. The number of ketones is 1. The fourth-order valence-electron chi connectivity index (χ4n) is 3.11. The molecule has 5 nitrogen and oxygen atoms in total. The Balaban J connectivity index is 1.50. The number of benzene rings is 2. The molecule has 0 saturated carbocycles. The molecule has 29 heavy (non-hydrogen) atoms. The standard InChI is InChI=1S/C24H26N2O3/c1-16-8-10-19(11-9-16)12-13-25-23(28)15-20(27)14-22-18(3)29-24(26-22)21-7-5-4-6-17(21)2/h4-11H,12-15H2,1-3H3,(H,25,28). The fraction of sp³-hybridized carbons (Fsp3) is 0.292. The van der Waals surface area contributed by atoms with Crippen LogP contribution in [0.5, 0.6) is 0 Å². The summed E-state index contributed by atoms with van der Waals surface area (Å²) in [6.07, 6.45) is 0.675. The summed E-state index contributed by atoms with van der Waals surface area (Å²) in [6.45, 7) is 6.33. The van der Waals surface area contributed by atoms with Crippen LogP contribution >= 0.6 is 0 Å². The Bertz CT molecular complexity index is 1000. The molecule has 1 heterocycles. The van der Waals surface area contributed by atoms with Crippen molar-refractivity contribution in [2.45, 2.75) is 40.0 Å². The van der Waals surface area contributed by atoms with E-state index in [1.54, 1.807) is 6.92 Å². The minimum atomic E-state index is -0.262. The number of hydrogen-bond acceptors (Lipinski definition) is 4. The van der Waals surface area contributed by atoms with Crippen LogP contribution in [0.25, 0.3) is 11.5 Å². The number of carbonyl (C=O) groups is 2. The first-order valence-corrected chi connectivity index (χ1v) is 9.78. The van der Waals surface area contributed by atoms with E-state index >= 15 is 0 Å². The van der Waals surface area contributed by atoms with Crippen LogP contribution in [0.3, 0.4) is 0 Å². The lowest BCUT2D eigenvalue weighted by atomic mass is 10.1. The van der Waals surface area contributed by atoms with Crippen LogP contribution in [0.4, 0.5) is 0 Å². The van der Waals surface area contributed by atoms with E-state index in [0.29, 0.717) is 23.9 Å². The first-order valence-electron chi connectivity index (χ1n) is 9.78. The molecule has 0 atom stereocenters. The molecule has 2 aromatic carbocycles. The Morgan fingerprint density at radius 1 is 1.00 bits per heavy atom. The molecular weight excluding hydrogens is 364 g/mol. The number of Topliss-reactive ketones (excluding diaryl/α,β-unsaturated/α-hetero) is 1. The van der Waals surface area contributed by atoms with Crippen molar-refractivity contribution >= 4 is 11.7 Å². The molecule has 1 amide bonds. The third kappa shape index (κ3) is 5.64. The van der Waals surface area contributed by atoms with Crippen LogP contribution in [-0.2, 0) is 22.4 Å². The van der Waals surface area contributed by atoms with Crippen LogP contribution in [0.1, 0.15) is 34.6 Å². The summed E-state index contributed by atoms with van der Waals surface area (Å²) in [5.41, 5.74) is 4.91. The molecule has 3 aromatic rings. The fourth-order valence-corrected chi connectivity index (χ4v) is 3.11. The molecule has 0 bridgehead atoms. The number of aromatic nitrogens is 1. The second kappa shape index (κ2) is 9.32. The lowest BCUT2D eigenvalue weighted by molar-refractivity contribution is -0.127. The van der Waals surface area contributed by atoms with E-state index in [4.69, 9.17) is 4.42 Å². The van der Waals surface area contributed by atoms with Crippen molar-refractivity contribution in [3.63, 3.8) is 0 Å². The summed E-state index contributed by atoms with van der Waals surface area (Å²) in [5, 5.41) is 2.81. The number of nitrogens with one attached hydrogen (secondary N) is 1. The van der Waals surface area contributed by atoms with Crippen molar-refractivity contribution in [1.29, 1.82) is 0 Å². The molecule has 3 rings (SSSR count). The van der Waals surface area contributed by atoms with E-state index in [2.05, 4.69) is 10.3 Å². The molecule has 5 heteroatoms. The Morgan fingerprint density at radius 2 is 1.72 bits per heavy atom. The average Bonchev–Trinajstić information content (AvgIpc) is 3.03. The van der Waals surface area contributed by atoms with E-state index in [1.165, 1.54) is 5.56 Å². The number of nitrogens with zero attached hydrogens (tertiary/aromatic N) is 1. The summed E-state index contributed by atoms with van der Waals surface area (Å²) in [6, 6.07) is 16.0. The Kier molecular flexibility index (Phi) is 6.60. The third-order valence-electron chi connectivity index (χ3n) is 4.85. The summed E-state index contributed by atoms with van der Waals surface area (Å²) < 4.78 is 5.75. The minimum absolute atomic E-state index is 0.0899. The van der Waals surface area contributed by atoms with Crippen molar-refractivity contribution in [2.75, 3.05) is 6.54 Å². The second-order valence-electron chi connectivity index (χ2n) is 7.31. The zero-order chi connectivity index (χ0) is 20.8. The highest BCUT2D eigenvalue weighted by Crippen LogP contribution is 2.25. The van der Waals surface area contributed by atoms with Crippen molar-refractivity contribution in [3.05, 3.63) is 76.7 Å². The lowest BCUT2D eigenvalue weighted by Crippen LogP contribution is -2.28. The van der Waals surface area contributed by atoms with E-state index in [-0.39, 0.29) is 24.5 Å². The van der Waals surface area contributed by atoms with Gasteiger partial charge in [0, 0.05) is 12.1 Å². The van der Waals surface area contributed by atoms with Crippen molar-refractivity contribution in [2.24, 2.45) is 0 Å². The van der Waals surface area contributed by atoms with Gasteiger partial charge < -0.3 is 9.73 Å². The predicted octanol–water partition coefficient (Wildman–Crippen LogP) is 4.13. The van der Waals surface area contributed by atoms with Crippen molar-refractivity contribution in [1.82, 2.24) is 10.3 Å². The molecule has 0 saturated heterocycles. The molecule has 0 aliphatic carbocycles. The third-order valence-corrected chi connectivity index (χ3v) is 4.85. The van der Waals surface area contributed by atoms with Crippen LogP contribution in [-0.4, -0.2) is 23.2 Å². The van der Waals surface area contributed by atoms with Gasteiger partial charge in [-0.05, 0) is 44.4 Å². The van der Waals surface area contributed by atoms with Gasteiger partial charge in [-0.3, -0.25) is 9.59 Å². The summed E-state index contributed by atoms with van der Waals surface area (Å²) in [7, 11) is 0. The minimum Gasteiger partial charge on any atom is -0.441 e. The first-order chi connectivity index (χ1) is 13.9. The van der Waals surface area contributed by atoms with Crippen LogP contribution in [0.2, 0.25) is 0 Å². The van der Waals surface area contributed by atoms with Gasteiger partial charge in [-0.25, -0.2) is 4.98 Å². The van der Waals surface area contributed by atoms with Crippen LogP contribution < -0.4 is 5.32 Å². The highest BCUT2D eigenvalue weighted by molar-refractivity contribution is 5.98. The molecular formula is C24H26N2O3. The van der Waals surface area contributed by atoms with Gasteiger partial charge in [0.2, 0.25) is 11.8 Å². The highest BCUT2D eigenvalue weighted by Gasteiger charge is 2.17. The highest BCUT2D eigenvalue weighted by atomic mass is 16.4. The number of carbonyl (C=O) groups excluding carboxylic acids is 2. The van der Waals surface area contributed by atoms with Crippen LogP contribution in [0.15, 0.2) is 52.9 Å². The maximum Gasteiger partial charge on any atom is 0.227 e. The summed E-state index contributed by atoms with van der Waals surface area (Å²) >= 11 is 0. The topological polar surface area (TPSA) is 72.2 Å². The molecule has 0 aliphatic rings. The Hall–Kier alpha value is -3.21. The molecule has 0 radical (unpaired) electrons. The van der Waals surface area contributed by atoms with E-state index in [9.17, 15) is 9.59 Å². The van der Waals surface area contributed by atoms with E-state index in [0.717, 1.165) is 23.1 Å². The maximum absolute atomic E-state index is 12.3. The number of amides is 1. The monoisotopic (exact) mass is 390 g/mol. The number of hydrogen-bond donors (Lipinski definition) is 1. The largest absolute Gasteiger partial charge is 0.441 e. The van der Waals surface area contributed by atoms with E-state index < -0.39 is 0 Å². The van der Waals surface area contributed by atoms with Gasteiger partial charge in [0.25, 0.3) is 0 Å². The number of aryl methyl sites for hydroxylation is 3. The smallest absolute Gasteiger partial charge is 0.227 e. The van der Waals surface area contributed by atoms with Crippen LogP contribution in [0, 0.1) is 20.8 Å². The number of oxazole rings is 1. The van der Waals surface area contributed by atoms with Gasteiger partial charge in [-0.2, -0.15) is 0 Å². The van der Waals surface area contributed by atoms with Gasteiger partial charge in [0.05, 0.1) is 18.5 Å². The lowest BCUT2D eigenvalue weighted by Gasteiger charge is -2.05. The van der Waals surface area contributed by atoms with E-state index in [1.807, 2.05) is 62.4 Å². The molecule has 0 fully saturated rings. The maximum atomic E-state index is 12.3. The normalized spacial score (nSPS) is 10.7. The average molecular weight is 390 g/mol. The van der Waals surface area contributed by atoms with Gasteiger partial charge in [0.15, 0.2) is 0 Å². The summed E-state index contributed by atoms with van der Waals surface area (Å²) in [4.78, 5) is 28.9. The molecule has 1 aromatic heterocycles. The quantitative estimate of drug-likeness (QED) is 0.587. The summed E-state index contributed by atoms with van der Waals surface area (Å²) in [5.74, 6) is 0.676. The zero-order valence-corrected chi connectivity index (χ0v) is 17.1. The molecule has 0 spiro atoms. The molecule has 1 N–H and O–H groups in total.